The molecule has 5 N–H and O–H groups in total. The number of hydrogen-bond donors (Lipinski definition) is 4. The van der Waals surface area contributed by atoms with Crippen molar-refractivity contribution in [2.75, 3.05) is 12.3 Å². The molecule has 0 bridgehead atoms. The minimum atomic E-state index is -3.68. The summed E-state index contributed by atoms with van der Waals surface area (Å²) in [5, 5.41) is 18.3. The summed E-state index contributed by atoms with van der Waals surface area (Å²) in [5.41, 5.74) is 0.404. The number of amides is 2. The van der Waals surface area contributed by atoms with E-state index in [0.717, 1.165) is 0 Å². The molecule has 0 aliphatic rings. The van der Waals surface area contributed by atoms with Crippen molar-refractivity contribution in [3.63, 3.8) is 0 Å². The van der Waals surface area contributed by atoms with Gasteiger partial charge in [0.2, 0.25) is 10.0 Å². The molecule has 0 heterocycles. The quantitative estimate of drug-likeness (QED) is 0.555. The highest BCUT2D eigenvalue weighted by molar-refractivity contribution is 7.89. The van der Waals surface area contributed by atoms with Crippen molar-refractivity contribution in [3.8, 4) is 0 Å². The SMILES string of the molecule is NS(=O)(=O)CCNC(=O)NC(C(=O)O)c1ccccc1. The van der Waals surface area contributed by atoms with Gasteiger partial charge < -0.3 is 15.7 Å². The van der Waals surface area contributed by atoms with Crippen LogP contribution >= 0.6 is 0 Å². The number of hydrogen-bond acceptors (Lipinski definition) is 4. The molecule has 0 saturated carbocycles. The summed E-state index contributed by atoms with van der Waals surface area (Å²) in [6.45, 7) is -0.203. The molecule has 1 unspecified atom stereocenters. The summed E-state index contributed by atoms with van der Waals surface area (Å²) in [4.78, 5) is 22.6. The van der Waals surface area contributed by atoms with Crippen LogP contribution in [0.25, 0.3) is 0 Å². The van der Waals surface area contributed by atoms with Gasteiger partial charge >= 0.3 is 12.0 Å². The largest absolute Gasteiger partial charge is 0.479 e. The smallest absolute Gasteiger partial charge is 0.330 e. The van der Waals surface area contributed by atoms with Crippen molar-refractivity contribution in [3.05, 3.63) is 35.9 Å². The maximum absolute atomic E-state index is 11.5. The first-order chi connectivity index (χ1) is 9.29. The molecular formula is C11H15N3O5S. The molecule has 0 aromatic heterocycles. The fourth-order valence-electron chi connectivity index (χ4n) is 1.42. The van der Waals surface area contributed by atoms with Gasteiger partial charge in [-0.15, -0.1) is 0 Å². The van der Waals surface area contributed by atoms with Crippen LogP contribution in [0.1, 0.15) is 11.6 Å². The van der Waals surface area contributed by atoms with E-state index in [9.17, 15) is 18.0 Å². The Morgan fingerprint density at radius 1 is 1.25 bits per heavy atom. The summed E-state index contributed by atoms with van der Waals surface area (Å²) in [6.07, 6.45) is 0. The number of rotatable bonds is 6. The molecule has 1 aromatic rings. The van der Waals surface area contributed by atoms with Gasteiger partial charge in [-0.05, 0) is 5.56 Å². The Balaban J connectivity index is 2.59. The average molecular weight is 301 g/mol. The Bertz CT molecular complexity index is 573. The van der Waals surface area contributed by atoms with Crippen molar-refractivity contribution in [2.45, 2.75) is 6.04 Å². The van der Waals surface area contributed by atoms with Gasteiger partial charge in [-0.25, -0.2) is 23.1 Å². The minimum Gasteiger partial charge on any atom is -0.479 e. The topological polar surface area (TPSA) is 139 Å². The molecule has 8 nitrogen and oxygen atoms in total. The molecule has 0 radical (unpaired) electrons. The van der Waals surface area contributed by atoms with E-state index >= 15 is 0 Å². The number of urea groups is 1. The Kier molecular flexibility index (Phi) is 5.47. The maximum Gasteiger partial charge on any atom is 0.330 e. The highest BCUT2D eigenvalue weighted by atomic mass is 32.2. The number of nitrogens with one attached hydrogen (secondary N) is 2. The molecule has 0 saturated heterocycles. The van der Waals surface area contributed by atoms with Gasteiger partial charge in [0.05, 0.1) is 5.75 Å². The Morgan fingerprint density at radius 3 is 2.35 bits per heavy atom. The molecule has 0 fully saturated rings. The molecule has 0 spiro atoms. The highest BCUT2D eigenvalue weighted by Gasteiger charge is 2.21. The third kappa shape index (κ3) is 5.67. The molecule has 110 valence electrons. The molecule has 1 atom stereocenters. The van der Waals surface area contributed by atoms with Gasteiger partial charge in [0, 0.05) is 6.54 Å². The van der Waals surface area contributed by atoms with Crippen LogP contribution in [-0.4, -0.2) is 37.8 Å². The number of nitrogens with two attached hydrogens (primary N) is 1. The number of benzene rings is 1. The van der Waals surface area contributed by atoms with E-state index in [4.69, 9.17) is 10.2 Å². The number of carbonyl (C=O) groups is 2. The lowest BCUT2D eigenvalue weighted by atomic mass is 10.1. The highest BCUT2D eigenvalue weighted by Crippen LogP contribution is 2.12. The number of carboxylic acid groups (broad SMARTS) is 1. The van der Waals surface area contributed by atoms with Gasteiger partial charge in [-0.2, -0.15) is 0 Å². The molecular weight excluding hydrogens is 286 g/mol. The zero-order valence-corrected chi connectivity index (χ0v) is 11.3. The van der Waals surface area contributed by atoms with Gasteiger partial charge in [-0.1, -0.05) is 30.3 Å². The summed E-state index contributed by atoms with van der Waals surface area (Å²) < 4.78 is 21.4. The Hall–Kier alpha value is -2.13. The summed E-state index contributed by atoms with van der Waals surface area (Å²) in [5.74, 6) is -1.65. The van der Waals surface area contributed by atoms with Crippen LogP contribution in [-0.2, 0) is 14.8 Å². The molecule has 2 amide bonds. The first kappa shape index (κ1) is 15.9. The van der Waals surface area contributed by atoms with Crippen LogP contribution in [0.4, 0.5) is 4.79 Å². The minimum absolute atomic E-state index is 0.203. The zero-order chi connectivity index (χ0) is 15.2. The summed E-state index contributed by atoms with van der Waals surface area (Å²) >= 11 is 0. The van der Waals surface area contributed by atoms with E-state index in [0.29, 0.717) is 5.56 Å². The number of carbonyl (C=O) groups excluding carboxylic acids is 1. The van der Waals surface area contributed by atoms with Crippen LogP contribution in [0.15, 0.2) is 30.3 Å². The lowest BCUT2D eigenvalue weighted by Crippen LogP contribution is -2.42. The van der Waals surface area contributed by atoms with Crippen molar-refractivity contribution < 1.29 is 23.1 Å². The van der Waals surface area contributed by atoms with Crippen molar-refractivity contribution in [1.29, 1.82) is 0 Å². The van der Waals surface area contributed by atoms with Crippen LogP contribution in [0.3, 0.4) is 0 Å². The monoisotopic (exact) mass is 301 g/mol. The van der Waals surface area contributed by atoms with Gasteiger partial charge in [0.25, 0.3) is 0 Å². The third-order valence-corrected chi connectivity index (χ3v) is 3.10. The molecule has 20 heavy (non-hydrogen) atoms. The Morgan fingerprint density at radius 2 is 1.85 bits per heavy atom. The van der Waals surface area contributed by atoms with Crippen LogP contribution < -0.4 is 15.8 Å². The number of primary sulfonamides is 1. The molecule has 1 aromatic carbocycles. The van der Waals surface area contributed by atoms with E-state index < -0.39 is 33.8 Å². The molecule has 9 heteroatoms. The molecule has 0 aliphatic carbocycles. The van der Waals surface area contributed by atoms with Gasteiger partial charge in [0.15, 0.2) is 6.04 Å². The number of carboxylic acids is 1. The van der Waals surface area contributed by atoms with Crippen LogP contribution in [0.5, 0.6) is 0 Å². The average Bonchev–Trinajstić information content (AvgIpc) is 2.35. The van der Waals surface area contributed by atoms with E-state index in [-0.39, 0.29) is 6.54 Å². The number of aliphatic carboxylic acids is 1. The molecule has 1 rings (SSSR count). The normalized spacial score (nSPS) is 12.4. The summed E-state index contributed by atoms with van der Waals surface area (Å²) in [6, 6.07) is 6.12. The van der Waals surface area contributed by atoms with E-state index in [1.54, 1.807) is 30.3 Å². The van der Waals surface area contributed by atoms with E-state index in [2.05, 4.69) is 10.6 Å². The zero-order valence-electron chi connectivity index (χ0n) is 10.4. The lowest BCUT2D eigenvalue weighted by molar-refractivity contribution is -0.139. The third-order valence-electron chi connectivity index (χ3n) is 2.33. The molecule has 0 aliphatic heterocycles. The predicted molar refractivity (Wildman–Crippen MR) is 71.3 cm³/mol. The predicted octanol–water partition coefficient (Wildman–Crippen LogP) is -0.600. The maximum atomic E-state index is 11.5. The van der Waals surface area contributed by atoms with E-state index in [1.807, 2.05) is 0 Å². The number of sulfonamides is 1. The van der Waals surface area contributed by atoms with Crippen LogP contribution in [0, 0.1) is 0 Å². The van der Waals surface area contributed by atoms with Crippen LogP contribution in [0.2, 0.25) is 0 Å². The van der Waals surface area contributed by atoms with Gasteiger partial charge in [0.1, 0.15) is 0 Å². The second-order valence-electron chi connectivity index (χ2n) is 3.95. The van der Waals surface area contributed by atoms with Crippen molar-refractivity contribution >= 4 is 22.0 Å². The van der Waals surface area contributed by atoms with E-state index in [1.165, 1.54) is 0 Å². The Labute approximate surface area is 116 Å². The fraction of sp³-hybridized carbons (Fsp3) is 0.273. The van der Waals surface area contributed by atoms with Crippen molar-refractivity contribution in [2.24, 2.45) is 5.14 Å². The first-order valence-corrected chi connectivity index (χ1v) is 7.34. The van der Waals surface area contributed by atoms with Crippen molar-refractivity contribution in [1.82, 2.24) is 10.6 Å². The standard InChI is InChI=1S/C11H15N3O5S/c12-20(18,19)7-6-13-11(17)14-9(10(15)16)8-4-2-1-3-5-8/h1-5,9H,6-7H2,(H,15,16)(H2,12,18,19)(H2,13,14,17). The lowest BCUT2D eigenvalue weighted by Gasteiger charge is -2.15. The second-order valence-corrected chi connectivity index (χ2v) is 5.68. The fourth-order valence-corrected chi connectivity index (χ4v) is 1.81. The summed E-state index contributed by atoms with van der Waals surface area (Å²) in [7, 11) is -3.68. The van der Waals surface area contributed by atoms with Gasteiger partial charge in [-0.3, -0.25) is 0 Å². The second kappa shape index (κ2) is 6.87. The first-order valence-electron chi connectivity index (χ1n) is 5.62.